The molecule has 0 unspecified atom stereocenters. The average molecular weight is 286 g/mol. The predicted octanol–water partition coefficient (Wildman–Crippen LogP) is 0.966. The first-order valence-corrected chi connectivity index (χ1v) is 7.09. The van der Waals surface area contributed by atoms with Crippen molar-refractivity contribution in [2.75, 3.05) is 26.4 Å². The second-order valence-corrected chi connectivity index (χ2v) is 4.62. The van der Waals surface area contributed by atoms with Crippen LogP contribution in [0.2, 0.25) is 0 Å². The summed E-state index contributed by atoms with van der Waals surface area (Å²) in [6.07, 6.45) is 8.05. The number of carboxylic acids is 1. The van der Waals surface area contributed by atoms with Gasteiger partial charge < -0.3 is 15.5 Å². The molecule has 0 atom stereocenters. The van der Waals surface area contributed by atoms with Crippen LogP contribution < -0.4 is 5.32 Å². The Morgan fingerprint density at radius 2 is 2.00 bits per heavy atom. The van der Waals surface area contributed by atoms with E-state index in [1.165, 1.54) is 6.08 Å². The Hall–Kier alpha value is -1.40. The molecule has 0 aliphatic heterocycles. The monoisotopic (exact) mass is 286 g/mol. The van der Waals surface area contributed by atoms with Crippen LogP contribution in [0.1, 0.15) is 39.0 Å². The van der Waals surface area contributed by atoms with Crippen LogP contribution in [0.3, 0.4) is 0 Å². The van der Waals surface area contributed by atoms with E-state index in [4.69, 9.17) is 10.2 Å². The van der Waals surface area contributed by atoms with E-state index in [1.54, 1.807) is 4.90 Å². The highest BCUT2D eigenvalue weighted by Crippen LogP contribution is 1.99. The molecule has 0 heterocycles. The third kappa shape index (κ3) is 11.7. The van der Waals surface area contributed by atoms with E-state index in [-0.39, 0.29) is 25.7 Å². The zero-order valence-corrected chi connectivity index (χ0v) is 12.2. The summed E-state index contributed by atoms with van der Waals surface area (Å²) in [4.78, 5) is 23.7. The van der Waals surface area contributed by atoms with E-state index in [0.717, 1.165) is 25.7 Å². The maximum absolute atomic E-state index is 11.5. The molecule has 0 spiro atoms. The second kappa shape index (κ2) is 12.6. The van der Waals surface area contributed by atoms with Gasteiger partial charge in [0.2, 0.25) is 5.91 Å². The number of allylic oxidation sites excluding steroid dienone is 1. The third-order valence-electron chi connectivity index (χ3n) is 2.71. The van der Waals surface area contributed by atoms with Gasteiger partial charge in [0, 0.05) is 13.2 Å². The van der Waals surface area contributed by atoms with Crippen LogP contribution in [-0.4, -0.2) is 53.4 Å². The molecule has 20 heavy (non-hydrogen) atoms. The van der Waals surface area contributed by atoms with Gasteiger partial charge in [-0.3, -0.25) is 14.5 Å². The smallest absolute Gasteiger partial charge is 0.317 e. The fraction of sp³-hybridized carbons (Fsp3) is 0.714. The molecule has 0 fully saturated rings. The molecule has 0 aromatic rings. The molecule has 116 valence electrons. The van der Waals surface area contributed by atoms with Crippen LogP contribution in [0, 0.1) is 0 Å². The number of nitrogens with one attached hydrogen (secondary N) is 1. The van der Waals surface area contributed by atoms with Crippen LogP contribution in [0.25, 0.3) is 0 Å². The summed E-state index contributed by atoms with van der Waals surface area (Å²) in [6, 6.07) is 0. The van der Waals surface area contributed by atoms with Crippen molar-refractivity contribution in [3.05, 3.63) is 12.2 Å². The number of unbranched alkanes of at least 4 members (excludes halogenated alkanes) is 3. The number of carbonyl (C=O) groups excluding carboxylic acids is 1. The van der Waals surface area contributed by atoms with Crippen LogP contribution in [0.4, 0.5) is 0 Å². The van der Waals surface area contributed by atoms with Crippen molar-refractivity contribution < 1.29 is 19.8 Å². The summed E-state index contributed by atoms with van der Waals surface area (Å²) < 4.78 is 0. The molecule has 0 saturated heterocycles. The minimum absolute atomic E-state index is 0.00139. The molecule has 0 aromatic carbocycles. The Kier molecular flexibility index (Phi) is 11.7. The Morgan fingerprint density at radius 3 is 2.60 bits per heavy atom. The van der Waals surface area contributed by atoms with Gasteiger partial charge in [0.15, 0.2) is 0 Å². The van der Waals surface area contributed by atoms with Gasteiger partial charge in [-0.05, 0) is 25.3 Å². The number of aliphatic carboxylic acids is 1. The van der Waals surface area contributed by atoms with Crippen molar-refractivity contribution in [3.8, 4) is 0 Å². The van der Waals surface area contributed by atoms with E-state index >= 15 is 0 Å². The lowest BCUT2D eigenvalue weighted by atomic mass is 10.2. The van der Waals surface area contributed by atoms with Gasteiger partial charge in [0.25, 0.3) is 0 Å². The van der Waals surface area contributed by atoms with Crippen LogP contribution in [-0.2, 0) is 9.59 Å². The number of amides is 1. The first-order valence-electron chi connectivity index (χ1n) is 7.09. The molecule has 3 N–H and O–H groups in total. The van der Waals surface area contributed by atoms with Crippen molar-refractivity contribution in [2.45, 2.75) is 39.0 Å². The fourth-order valence-electron chi connectivity index (χ4n) is 1.65. The zero-order chi connectivity index (χ0) is 15.2. The highest BCUT2D eigenvalue weighted by molar-refractivity contribution is 5.87. The Bertz CT molecular complexity index is 306. The van der Waals surface area contributed by atoms with Crippen molar-refractivity contribution in [2.24, 2.45) is 0 Å². The van der Waals surface area contributed by atoms with Gasteiger partial charge in [-0.25, -0.2) is 0 Å². The van der Waals surface area contributed by atoms with E-state index in [1.807, 2.05) is 6.08 Å². The maximum Gasteiger partial charge on any atom is 0.317 e. The summed E-state index contributed by atoms with van der Waals surface area (Å²) in [5.74, 6) is -1.17. The Morgan fingerprint density at radius 1 is 1.25 bits per heavy atom. The molecule has 0 bridgehead atoms. The normalized spacial score (nSPS) is 11.2. The minimum Gasteiger partial charge on any atom is -0.480 e. The number of nitrogens with zero attached hydrogens (tertiary/aromatic N) is 1. The van der Waals surface area contributed by atoms with Gasteiger partial charge in [-0.1, -0.05) is 25.8 Å². The first-order chi connectivity index (χ1) is 9.60. The number of carbonyl (C=O) groups is 2. The molecule has 0 aromatic heterocycles. The summed E-state index contributed by atoms with van der Waals surface area (Å²) in [7, 11) is 0. The van der Waals surface area contributed by atoms with Crippen LogP contribution in [0.5, 0.6) is 0 Å². The molecule has 0 radical (unpaired) electrons. The number of hydrogen-bond acceptors (Lipinski definition) is 4. The quantitative estimate of drug-likeness (QED) is 0.282. The molecule has 1 amide bonds. The SMILES string of the molecule is CCCCC/C=C/C(=O)NCN(CCCO)CC(=O)O. The molecular formula is C14H26N2O4. The zero-order valence-electron chi connectivity index (χ0n) is 12.2. The lowest BCUT2D eigenvalue weighted by molar-refractivity contribution is -0.138. The molecule has 0 rings (SSSR count). The van der Waals surface area contributed by atoms with Crippen LogP contribution in [0.15, 0.2) is 12.2 Å². The van der Waals surface area contributed by atoms with E-state index in [9.17, 15) is 9.59 Å². The van der Waals surface area contributed by atoms with Gasteiger partial charge in [-0.2, -0.15) is 0 Å². The highest BCUT2D eigenvalue weighted by Gasteiger charge is 2.09. The van der Waals surface area contributed by atoms with E-state index in [2.05, 4.69) is 12.2 Å². The highest BCUT2D eigenvalue weighted by atomic mass is 16.4. The molecular weight excluding hydrogens is 260 g/mol. The van der Waals surface area contributed by atoms with Gasteiger partial charge in [0.1, 0.15) is 0 Å². The summed E-state index contributed by atoms with van der Waals surface area (Å²) >= 11 is 0. The average Bonchev–Trinajstić information content (AvgIpc) is 2.41. The van der Waals surface area contributed by atoms with E-state index in [0.29, 0.717) is 13.0 Å². The predicted molar refractivity (Wildman–Crippen MR) is 77.2 cm³/mol. The summed E-state index contributed by atoms with van der Waals surface area (Å²) in [5.41, 5.74) is 0. The standard InChI is InChI=1S/C14H26N2O4/c1-2-3-4-5-6-8-13(18)15-12-16(9-7-10-17)11-14(19)20/h6,8,17H,2-5,7,9-12H2,1H3,(H,15,18)(H,19,20)/b8-6+. The topological polar surface area (TPSA) is 89.9 Å². The fourth-order valence-corrected chi connectivity index (χ4v) is 1.65. The van der Waals surface area contributed by atoms with Crippen molar-refractivity contribution >= 4 is 11.9 Å². The molecule has 0 aliphatic carbocycles. The van der Waals surface area contributed by atoms with Crippen molar-refractivity contribution in [1.82, 2.24) is 10.2 Å². The van der Waals surface area contributed by atoms with Gasteiger partial charge in [-0.15, -0.1) is 0 Å². The first kappa shape index (κ1) is 18.6. The summed E-state index contributed by atoms with van der Waals surface area (Å²) in [5, 5.41) is 20.1. The third-order valence-corrected chi connectivity index (χ3v) is 2.71. The summed E-state index contributed by atoms with van der Waals surface area (Å²) in [6.45, 7) is 2.58. The number of rotatable bonds is 12. The lowest BCUT2D eigenvalue weighted by Crippen LogP contribution is -2.40. The van der Waals surface area contributed by atoms with Crippen LogP contribution >= 0.6 is 0 Å². The van der Waals surface area contributed by atoms with Crippen molar-refractivity contribution in [1.29, 1.82) is 0 Å². The number of hydrogen-bond donors (Lipinski definition) is 3. The maximum atomic E-state index is 11.5. The largest absolute Gasteiger partial charge is 0.480 e. The van der Waals surface area contributed by atoms with E-state index < -0.39 is 5.97 Å². The van der Waals surface area contributed by atoms with Gasteiger partial charge >= 0.3 is 5.97 Å². The Labute approximate surface area is 120 Å². The Balaban J connectivity index is 3.93. The van der Waals surface area contributed by atoms with Crippen molar-refractivity contribution in [3.63, 3.8) is 0 Å². The number of aliphatic hydroxyl groups is 1. The number of aliphatic hydroxyl groups excluding tert-OH is 1. The molecule has 0 aliphatic rings. The molecule has 6 heteroatoms. The molecule has 0 saturated carbocycles. The molecule has 6 nitrogen and oxygen atoms in total. The second-order valence-electron chi connectivity index (χ2n) is 4.62. The number of carboxylic acid groups (broad SMARTS) is 1. The minimum atomic E-state index is -0.952. The lowest BCUT2D eigenvalue weighted by Gasteiger charge is -2.19. The van der Waals surface area contributed by atoms with Gasteiger partial charge in [0.05, 0.1) is 13.2 Å².